The van der Waals surface area contributed by atoms with Crippen LogP contribution >= 0.6 is 12.2 Å². The third-order valence-corrected chi connectivity index (χ3v) is 2.97. The minimum Gasteiger partial charge on any atom is -0.393 e. The Bertz CT molecular complexity index is 594. The second-order valence-electron chi connectivity index (χ2n) is 3.91. The minimum absolute atomic E-state index is 0.158. The first-order chi connectivity index (χ1) is 8.68. The fourth-order valence-corrected chi connectivity index (χ4v) is 1.95. The van der Waals surface area contributed by atoms with Gasteiger partial charge in [-0.25, -0.2) is 4.68 Å². The number of nitrogens with zero attached hydrogens (tertiary/aromatic N) is 2. The van der Waals surface area contributed by atoms with Gasteiger partial charge >= 0.3 is 0 Å². The van der Waals surface area contributed by atoms with E-state index in [-0.39, 0.29) is 11.5 Å². The Morgan fingerprint density at radius 1 is 1.28 bits per heavy atom. The van der Waals surface area contributed by atoms with Gasteiger partial charge in [0.2, 0.25) is 0 Å². The molecule has 2 rings (SSSR count). The second-order valence-corrected chi connectivity index (χ2v) is 4.38. The highest BCUT2D eigenvalue weighted by Gasteiger charge is 2.16. The van der Waals surface area contributed by atoms with E-state index in [0.29, 0.717) is 11.5 Å². The van der Waals surface area contributed by atoms with Crippen molar-refractivity contribution in [3.8, 4) is 0 Å². The van der Waals surface area contributed by atoms with Gasteiger partial charge in [-0.05, 0) is 11.6 Å². The first-order valence-electron chi connectivity index (χ1n) is 5.55. The van der Waals surface area contributed by atoms with Crippen molar-refractivity contribution in [2.75, 3.05) is 0 Å². The molecule has 1 aromatic heterocycles. The van der Waals surface area contributed by atoms with Crippen LogP contribution in [-0.4, -0.2) is 14.8 Å². The van der Waals surface area contributed by atoms with Crippen LogP contribution < -0.4 is 11.3 Å². The molecule has 0 aliphatic carbocycles. The molecule has 0 radical (unpaired) electrons. The van der Waals surface area contributed by atoms with Gasteiger partial charge in [-0.15, -0.1) is 0 Å². The van der Waals surface area contributed by atoms with Crippen molar-refractivity contribution < 1.29 is 0 Å². The van der Waals surface area contributed by atoms with Crippen molar-refractivity contribution in [1.29, 1.82) is 0 Å². The highest BCUT2D eigenvalue weighted by Crippen LogP contribution is 2.17. The van der Waals surface area contributed by atoms with E-state index < -0.39 is 0 Å². The Hall–Kier alpha value is -2.01. The van der Waals surface area contributed by atoms with Crippen LogP contribution in [0.4, 0.5) is 0 Å². The highest BCUT2D eigenvalue weighted by molar-refractivity contribution is 7.80. The van der Waals surface area contributed by atoms with E-state index in [1.165, 1.54) is 10.7 Å². The van der Waals surface area contributed by atoms with Gasteiger partial charge in [-0.3, -0.25) is 4.79 Å². The number of thiocarbonyl (C=S) groups is 1. The van der Waals surface area contributed by atoms with E-state index in [0.717, 1.165) is 5.56 Å². The lowest BCUT2D eigenvalue weighted by atomic mass is 9.99. The summed E-state index contributed by atoms with van der Waals surface area (Å²) in [6, 6.07) is 12.7. The standard InChI is InChI=1S/C13H13N3OS/c14-13(18)11(10-5-2-1-3-6-10)9-16-12(17)7-4-8-15-16/h1-8,11H,9H2,(H2,14,18). The summed E-state index contributed by atoms with van der Waals surface area (Å²) in [6.07, 6.45) is 1.57. The van der Waals surface area contributed by atoms with Crippen molar-refractivity contribution in [2.24, 2.45) is 5.73 Å². The number of nitrogens with two attached hydrogens (primary N) is 1. The number of aromatic nitrogens is 2. The van der Waals surface area contributed by atoms with Gasteiger partial charge in [-0.1, -0.05) is 42.5 Å². The first kappa shape index (κ1) is 12.4. The summed E-state index contributed by atoms with van der Waals surface area (Å²) in [4.78, 5) is 12.0. The maximum Gasteiger partial charge on any atom is 0.266 e. The molecule has 2 N–H and O–H groups in total. The zero-order chi connectivity index (χ0) is 13.0. The normalized spacial score (nSPS) is 12.0. The lowest BCUT2D eigenvalue weighted by molar-refractivity contribution is 0.557. The maximum atomic E-state index is 11.6. The van der Waals surface area contributed by atoms with Gasteiger partial charge < -0.3 is 5.73 Å². The second kappa shape index (κ2) is 5.55. The van der Waals surface area contributed by atoms with E-state index in [2.05, 4.69) is 5.10 Å². The summed E-state index contributed by atoms with van der Waals surface area (Å²) in [5.74, 6) is -0.186. The Kier molecular flexibility index (Phi) is 3.84. The average Bonchev–Trinajstić information content (AvgIpc) is 2.38. The highest BCUT2D eigenvalue weighted by atomic mass is 32.1. The number of hydrogen-bond acceptors (Lipinski definition) is 3. The Balaban J connectivity index is 2.31. The molecule has 4 nitrogen and oxygen atoms in total. The third-order valence-electron chi connectivity index (χ3n) is 2.69. The summed E-state index contributed by atoms with van der Waals surface area (Å²) in [6.45, 7) is 0.360. The van der Waals surface area contributed by atoms with E-state index in [9.17, 15) is 4.79 Å². The molecule has 0 aliphatic heterocycles. The van der Waals surface area contributed by atoms with Gasteiger partial charge in [0, 0.05) is 12.3 Å². The van der Waals surface area contributed by atoms with E-state index in [1.54, 1.807) is 12.3 Å². The molecule has 0 saturated carbocycles. The zero-order valence-electron chi connectivity index (χ0n) is 9.69. The predicted molar refractivity (Wildman–Crippen MR) is 74.5 cm³/mol. The molecule has 0 spiro atoms. The molecule has 1 heterocycles. The monoisotopic (exact) mass is 259 g/mol. The van der Waals surface area contributed by atoms with Crippen molar-refractivity contribution in [3.63, 3.8) is 0 Å². The molecule has 1 aromatic carbocycles. The molecular formula is C13H13N3OS. The summed E-state index contributed by atoms with van der Waals surface area (Å²) < 4.78 is 1.37. The van der Waals surface area contributed by atoms with Gasteiger partial charge in [0.25, 0.3) is 5.56 Å². The molecule has 92 valence electrons. The zero-order valence-corrected chi connectivity index (χ0v) is 10.5. The number of benzene rings is 1. The van der Waals surface area contributed by atoms with Crippen molar-refractivity contribution >= 4 is 17.2 Å². The molecular weight excluding hydrogens is 246 g/mol. The molecule has 2 aromatic rings. The van der Waals surface area contributed by atoms with Gasteiger partial charge in [0.15, 0.2) is 0 Å². The van der Waals surface area contributed by atoms with Crippen LogP contribution in [-0.2, 0) is 6.54 Å². The number of rotatable bonds is 4. The lowest BCUT2D eigenvalue weighted by Crippen LogP contribution is -2.30. The van der Waals surface area contributed by atoms with Crippen LogP contribution in [0.1, 0.15) is 11.5 Å². The summed E-state index contributed by atoms with van der Waals surface area (Å²) in [5.41, 5.74) is 6.59. The van der Waals surface area contributed by atoms with Gasteiger partial charge in [0.1, 0.15) is 0 Å². The molecule has 5 heteroatoms. The summed E-state index contributed by atoms with van der Waals surface area (Å²) in [7, 11) is 0. The SMILES string of the molecule is NC(=S)C(Cn1ncccc1=O)c1ccccc1. The lowest BCUT2D eigenvalue weighted by Gasteiger charge is -2.16. The van der Waals surface area contributed by atoms with Gasteiger partial charge in [0.05, 0.1) is 17.5 Å². The van der Waals surface area contributed by atoms with Crippen LogP contribution in [0.3, 0.4) is 0 Å². The van der Waals surface area contributed by atoms with Crippen LogP contribution in [0.2, 0.25) is 0 Å². The minimum atomic E-state index is -0.186. The topological polar surface area (TPSA) is 60.9 Å². The van der Waals surface area contributed by atoms with Crippen LogP contribution in [0.5, 0.6) is 0 Å². The molecule has 18 heavy (non-hydrogen) atoms. The molecule has 0 aliphatic rings. The Morgan fingerprint density at radius 3 is 2.61 bits per heavy atom. The Morgan fingerprint density at radius 2 is 2.00 bits per heavy atom. The number of hydrogen-bond donors (Lipinski definition) is 1. The average molecular weight is 259 g/mol. The van der Waals surface area contributed by atoms with Crippen LogP contribution in [0.15, 0.2) is 53.5 Å². The van der Waals surface area contributed by atoms with Crippen molar-refractivity contribution in [2.45, 2.75) is 12.5 Å². The van der Waals surface area contributed by atoms with E-state index in [4.69, 9.17) is 18.0 Å². The molecule has 0 amide bonds. The van der Waals surface area contributed by atoms with Crippen LogP contribution in [0.25, 0.3) is 0 Å². The fraction of sp³-hybridized carbons (Fsp3) is 0.154. The predicted octanol–water partition coefficient (Wildman–Crippen LogP) is 1.31. The molecule has 0 bridgehead atoms. The van der Waals surface area contributed by atoms with E-state index >= 15 is 0 Å². The molecule has 0 saturated heterocycles. The van der Waals surface area contributed by atoms with Gasteiger partial charge in [-0.2, -0.15) is 5.10 Å². The smallest absolute Gasteiger partial charge is 0.266 e. The quantitative estimate of drug-likeness (QED) is 0.841. The largest absolute Gasteiger partial charge is 0.393 e. The maximum absolute atomic E-state index is 11.6. The Labute approximate surface area is 110 Å². The summed E-state index contributed by atoms with van der Waals surface area (Å²) in [5, 5.41) is 4.01. The molecule has 1 atom stereocenters. The fourth-order valence-electron chi connectivity index (χ4n) is 1.74. The van der Waals surface area contributed by atoms with Crippen molar-refractivity contribution in [1.82, 2.24) is 9.78 Å². The van der Waals surface area contributed by atoms with Crippen molar-refractivity contribution in [3.05, 3.63) is 64.6 Å². The van der Waals surface area contributed by atoms with Crippen LogP contribution in [0, 0.1) is 0 Å². The third kappa shape index (κ3) is 2.81. The van der Waals surface area contributed by atoms with E-state index in [1.807, 2.05) is 30.3 Å². The molecule has 0 fully saturated rings. The summed E-state index contributed by atoms with van der Waals surface area (Å²) >= 11 is 5.08. The first-order valence-corrected chi connectivity index (χ1v) is 5.95. The molecule has 1 unspecified atom stereocenters.